The third-order valence-corrected chi connectivity index (χ3v) is 4.14. The van der Waals surface area contributed by atoms with Crippen molar-refractivity contribution in [3.8, 4) is 0 Å². The molecule has 0 aromatic carbocycles. The quantitative estimate of drug-likeness (QED) is 0.520. The molecule has 0 radical (unpaired) electrons. The van der Waals surface area contributed by atoms with Crippen molar-refractivity contribution in [1.82, 2.24) is 0 Å². The summed E-state index contributed by atoms with van der Waals surface area (Å²) in [4.78, 5) is 0. The van der Waals surface area contributed by atoms with Gasteiger partial charge in [-0.15, -0.1) is 0 Å². The van der Waals surface area contributed by atoms with Gasteiger partial charge >= 0.3 is 0 Å². The van der Waals surface area contributed by atoms with E-state index in [0.717, 1.165) is 0 Å². The van der Waals surface area contributed by atoms with E-state index in [1.54, 1.807) is 0 Å². The second-order valence-electron chi connectivity index (χ2n) is 5.33. The first-order valence-corrected chi connectivity index (χ1v) is 5.29. The van der Waals surface area contributed by atoms with E-state index < -0.39 is 0 Å². The van der Waals surface area contributed by atoms with Crippen LogP contribution in [0.15, 0.2) is 12.2 Å². The van der Waals surface area contributed by atoms with Gasteiger partial charge in [-0.1, -0.05) is 19.1 Å². The van der Waals surface area contributed by atoms with Gasteiger partial charge < -0.3 is 4.74 Å². The second kappa shape index (κ2) is 2.60. The van der Waals surface area contributed by atoms with E-state index in [1.165, 1.54) is 12.8 Å². The summed E-state index contributed by atoms with van der Waals surface area (Å²) in [5.74, 6) is 0.694. The van der Waals surface area contributed by atoms with Crippen LogP contribution in [0.5, 0.6) is 0 Å². The van der Waals surface area contributed by atoms with Crippen molar-refractivity contribution in [1.29, 1.82) is 0 Å². The summed E-state index contributed by atoms with van der Waals surface area (Å²) in [5.41, 5.74) is 0.442. The Morgan fingerprint density at radius 2 is 1.92 bits per heavy atom. The van der Waals surface area contributed by atoms with Gasteiger partial charge in [-0.3, -0.25) is 0 Å². The largest absolute Gasteiger partial charge is 0.372 e. The van der Waals surface area contributed by atoms with Crippen molar-refractivity contribution < 1.29 is 4.74 Å². The number of hydrogen-bond donors (Lipinski definition) is 0. The minimum Gasteiger partial charge on any atom is -0.372 e. The summed E-state index contributed by atoms with van der Waals surface area (Å²) in [5, 5.41) is 0. The van der Waals surface area contributed by atoms with Crippen LogP contribution in [-0.4, -0.2) is 11.7 Å². The Morgan fingerprint density at radius 1 is 1.23 bits per heavy atom. The van der Waals surface area contributed by atoms with Gasteiger partial charge in [-0.2, -0.15) is 0 Å². The van der Waals surface area contributed by atoms with Gasteiger partial charge in [-0.05, 0) is 39.5 Å². The molecule has 3 unspecified atom stereocenters. The van der Waals surface area contributed by atoms with E-state index >= 15 is 0 Å². The first-order chi connectivity index (χ1) is 5.97. The minimum absolute atomic E-state index is 0.0684. The van der Waals surface area contributed by atoms with Gasteiger partial charge in [0.15, 0.2) is 0 Å². The molecule has 2 aliphatic rings. The molecule has 13 heavy (non-hydrogen) atoms. The summed E-state index contributed by atoms with van der Waals surface area (Å²) in [6, 6.07) is 0. The van der Waals surface area contributed by atoms with E-state index in [0.29, 0.717) is 17.4 Å². The summed E-state index contributed by atoms with van der Waals surface area (Å²) < 4.78 is 6.06. The summed E-state index contributed by atoms with van der Waals surface area (Å²) in [6.07, 6.45) is 7.40. The zero-order valence-corrected chi connectivity index (χ0v) is 9.13. The van der Waals surface area contributed by atoms with E-state index in [9.17, 15) is 0 Å². The Kier molecular flexibility index (Phi) is 1.85. The van der Waals surface area contributed by atoms with E-state index in [2.05, 4.69) is 39.8 Å². The average molecular weight is 180 g/mol. The van der Waals surface area contributed by atoms with Gasteiger partial charge in [-0.25, -0.2) is 0 Å². The van der Waals surface area contributed by atoms with E-state index in [1.807, 2.05) is 0 Å². The van der Waals surface area contributed by atoms with E-state index in [4.69, 9.17) is 4.74 Å². The van der Waals surface area contributed by atoms with Crippen LogP contribution < -0.4 is 0 Å². The maximum Gasteiger partial charge on any atom is 0.0667 e. The fourth-order valence-electron chi connectivity index (χ4n) is 3.18. The van der Waals surface area contributed by atoms with E-state index in [-0.39, 0.29) is 5.60 Å². The topological polar surface area (TPSA) is 9.23 Å². The highest BCUT2D eigenvalue weighted by atomic mass is 16.5. The highest BCUT2D eigenvalue weighted by Crippen LogP contribution is 2.54. The summed E-state index contributed by atoms with van der Waals surface area (Å²) in [6.45, 7) is 9.07. The maximum absolute atomic E-state index is 6.06. The van der Waals surface area contributed by atoms with Crippen LogP contribution in [0.25, 0.3) is 0 Å². The lowest BCUT2D eigenvalue weighted by molar-refractivity contribution is -0.0280. The number of allylic oxidation sites excluding steroid dienone is 2. The van der Waals surface area contributed by atoms with Crippen molar-refractivity contribution in [2.45, 2.75) is 52.2 Å². The molecule has 1 nitrogen and oxygen atoms in total. The highest BCUT2D eigenvalue weighted by Gasteiger charge is 2.54. The van der Waals surface area contributed by atoms with Crippen LogP contribution in [0.2, 0.25) is 0 Å². The number of hydrogen-bond acceptors (Lipinski definition) is 1. The third kappa shape index (κ3) is 1.17. The molecule has 74 valence electrons. The first kappa shape index (κ1) is 9.26. The van der Waals surface area contributed by atoms with Crippen molar-refractivity contribution in [3.63, 3.8) is 0 Å². The van der Waals surface area contributed by atoms with Crippen LogP contribution >= 0.6 is 0 Å². The van der Waals surface area contributed by atoms with Gasteiger partial charge in [0.25, 0.3) is 0 Å². The number of ether oxygens (including phenoxy) is 1. The minimum atomic E-state index is 0.0684. The summed E-state index contributed by atoms with van der Waals surface area (Å²) in [7, 11) is 0. The Hall–Kier alpha value is -0.300. The Bertz CT molecular complexity index is 242. The maximum atomic E-state index is 6.06. The molecule has 1 heterocycles. The van der Waals surface area contributed by atoms with Crippen LogP contribution in [0.4, 0.5) is 0 Å². The van der Waals surface area contributed by atoms with Crippen molar-refractivity contribution >= 4 is 0 Å². The molecular formula is C12H20O. The zero-order chi connectivity index (χ0) is 9.69. The third-order valence-electron chi connectivity index (χ3n) is 4.14. The number of rotatable bonds is 0. The average Bonchev–Trinajstić information content (AvgIpc) is 2.20. The van der Waals surface area contributed by atoms with Crippen LogP contribution in [0.1, 0.15) is 40.5 Å². The standard InChI is InChI=1S/C12H20O/c1-9-12(4)8-6-5-7-10(12)11(2,3)13-9/h5-6,9-10H,7-8H2,1-4H3. The second-order valence-corrected chi connectivity index (χ2v) is 5.33. The molecule has 1 aliphatic heterocycles. The van der Waals surface area contributed by atoms with Gasteiger partial charge in [0.1, 0.15) is 0 Å². The van der Waals surface area contributed by atoms with Crippen molar-refractivity contribution in [3.05, 3.63) is 12.2 Å². The molecule has 0 amide bonds. The molecular weight excluding hydrogens is 160 g/mol. The molecule has 0 aromatic rings. The van der Waals surface area contributed by atoms with Gasteiger partial charge in [0.2, 0.25) is 0 Å². The van der Waals surface area contributed by atoms with Gasteiger partial charge in [0.05, 0.1) is 11.7 Å². The molecule has 0 spiro atoms. The van der Waals surface area contributed by atoms with Crippen molar-refractivity contribution in [2.75, 3.05) is 0 Å². The molecule has 0 bridgehead atoms. The molecule has 0 saturated carbocycles. The fraction of sp³-hybridized carbons (Fsp3) is 0.833. The summed E-state index contributed by atoms with van der Waals surface area (Å²) >= 11 is 0. The van der Waals surface area contributed by atoms with Gasteiger partial charge in [0, 0.05) is 5.41 Å². The predicted octanol–water partition coefficient (Wildman–Crippen LogP) is 3.16. The fourth-order valence-corrected chi connectivity index (χ4v) is 3.18. The molecule has 0 N–H and O–H groups in total. The molecule has 1 aliphatic carbocycles. The lowest BCUT2D eigenvalue weighted by atomic mass is 9.64. The lowest BCUT2D eigenvalue weighted by Gasteiger charge is -2.37. The lowest BCUT2D eigenvalue weighted by Crippen LogP contribution is -2.37. The molecule has 0 aromatic heterocycles. The van der Waals surface area contributed by atoms with Crippen LogP contribution in [-0.2, 0) is 4.74 Å². The van der Waals surface area contributed by atoms with Crippen LogP contribution in [0, 0.1) is 11.3 Å². The molecule has 2 rings (SSSR count). The predicted molar refractivity (Wildman–Crippen MR) is 54.6 cm³/mol. The number of fused-ring (bicyclic) bond motifs is 1. The molecule has 1 saturated heterocycles. The Morgan fingerprint density at radius 3 is 2.54 bits per heavy atom. The highest BCUT2D eigenvalue weighted by molar-refractivity contribution is 5.11. The SMILES string of the molecule is CC1OC(C)(C)C2CC=CCC12C. The van der Waals surface area contributed by atoms with Crippen molar-refractivity contribution in [2.24, 2.45) is 11.3 Å². The molecule has 1 fully saturated rings. The zero-order valence-electron chi connectivity index (χ0n) is 9.13. The monoisotopic (exact) mass is 180 g/mol. The Balaban J connectivity index is 2.36. The molecule has 1 heteroatoms. The normalized spacial score (nSPS) is 47.7. The Labute approximate surface area is 81.2 Å². The first-order valence-electron chi connectivity index (χ1n) is 5.29. The smallest absolute Gasteiger partial charge is 0.0667 e. The molecule has 3 atom stereocenters. The van der Waals surface area contributed by atoms with Crippen LogP contribution in [0.3, 0.4) is 0 Å².